The molecule has 0 fully saturated rings. The second-order valence-corrected chi connectivity index (χ2v) is 5.52. The number of nitrogens with zero attached hydrogens (tertiary/aromatic N) is 4. The lowest BCUT2D eigenvalue weighted by molar-refractivity contribution is -0.123. The molecule has 0 N–H and O–H groups in total. The maximum absolute atomic E-state index is 11.9. The number of aryl methyl sites for hydroxylation is 1. The number of hydrogen-bond acceptors (Lipinski definition) is 3. The lowest BCUT2D eigenvalue weighted by atomic mass is 10.1. The normalized spacial score (nSPS) is 11.3. The molecule has 3 aromatic heterocycles. The van der Waals surface area contributed by atoms with Gasteiger partial charge in [0.05, 0.1) is 11.2 Å². The van der Waals surface area contributed by atoms with E-state index in [1.807, 2.05) is 55.6 Å². The molecule has 116 valence electrons. The van der Waals surface area contributed by atoms with Crippen molar-refractivity contribution in [2.45, 2.75) is 6.92 Å². The summed E-state index contributed by atoms with van der Waals surface area (Å²) in [7, 11) is 3.46. The van der Waals surface area contributed by atoms with E-state index in [1.54, 1.807) is 24.7 Å². The Kier molecular flexibility index (Phi) is 3.93. The number of carbonyl (C=O) groups excluding carboxylic acids is 1. The van der Waals surface area contributed by atoms with E-state index in [-0.39, 0.29) is 5.91 Å². The highest BCUT2D eigenvalue weighted by molar-refractivity contribution is 5.94. The second-order valence-electron chi connectivity index (χ2n) is 5.52. The van der Waals surface area contributed by atoms with Crippen molar-refractivity contribution < 1.29 is 4.79 Å². The number of pyridine rings is 2. The molecule has 0 saturated carbocycles. The van der Waals surface area contributed by atoms with Crippen molar-refractivity contribution in [3.05, 3.63) is 59.9 Å². The maximum atomic E-state index is 11.9. The van der Waals surface area contributed by atoms with Crippen LogP contribution in [-0.2, 0) is 4.79 Å². The molecule has 3 rings (SSSR count). The fourth-order valence-electron chi connectivity index (χ4n) is 2.35. The summed E-state index contributed by atoms with van der Waals surface area (Å²) < 4.78 is 1.80. The van der Waals surface area contributed by atoms with Gasteiger partial charge in [-0.05, 0) is 37.3 Å². The zero-order chi connectivity index (χ0) is 16.4. The Morgan fingerprint density at radius 3 is 2.74 bits per heavy atom. The van der Waals surface area contributed by atoms with Gasteiger partial charge in [-0.15, -0.1) is 0 Å². The molecule has 0 aromatic carbocycles. The van der Waals surface area contributed by atoms with Crippen molar-refractivity contribution in [2.24, 2.45) is 0 Å². The van der Waals surface area contributed by atoms with E-state index in [2.05, 4.69) is 10.1 Å². The van der Waals surface area contributed by atoms with Crippen molar-refractivity contribution in [1.29, 1.82) is 0 Å². The summed E-state index contributed by atoms with van der Waals surface area (Å²) in [5, 5.41) is 4.62. The molecule has 0 aliphatic heterocycles. The average molecular weight is 306 g/mol. The molecule has 0 spiro atoms. The fourth-order valence-corrected chi connectivity index (χ4v) is 2.35. The van der Waals surface area contributed by atoms with Gasteiger partial charge < -0.3 is 4.90 Å². The van der Waals surface area contributed by atoms with Gasteiger partial charge in [-0.2, -0.15) is 5.10 Å². The second kappa shape index (κ2) is 6.04. The van der Waals surface area contributed by atoms with E-state index in [0.717, 1.165) is 28.2 Å². The van der Waals surface area contributed by atoms with Crippen LogP contribution < -0.4 is 0 Å². The first-order chi connectivity index (χ1) is 11.1. The highest BCUT2D eigenvalue weighted by Crippen LogP contribution is 2.26. The Morgan fingerprint density at radius 1 is 1.17 bits per heavy atom. The summed E-state index contributed by atoms with van der Waals surface area (Å²) in [6.45, 7) is 1.95. The quantitative estimate of drug-likeness (QED) is 0.699. The number of amides is 1. The van der Waals surface area contributed by atoms with Gasteiger partial charge in [-0.3, -0.25) is 9.78 Å². The Hall–Kier alpha value is -2.95. The topological polar surface area (TPSA) is 50.5 Å². The molecular formula is C18H18N4O. The first-order valence-corrected chi connectivity index (χ1v) is 7.37. The minimum Gasteiger partial charge on any atom is -0.345 e. The molecule has 0 aliphatic rings. The SMILES string of the molecule is Cc1cccc(-c2nn3ccccc3c2C=CC(=O)N(C)C)n1. The molecule has 0 radical (unpaired) electrons. The number of likely N-dealkylation sites (N-methyl/N-ethyl adjacent to an activating group) is 1. The van der Waals surface area contributed by atoms with Crippen LogP contribution in [0, 0.1) is 6.92 Å². The Bertz CT molecular complexity index is 893. The van der Waals surface area contributed by atoms with Crippen LogP contribution >= 0.6 is 0 Å². The van der Waals surface area contributed by atoms with E-state index < -0.39 is 0 Å². The Morgan fingerprint density at radius 2 is 2.00 bits per heavy atom. The van der Waals surface area contributed by atoms with Crippen molar-refractivity contribution >= 4 is 17.5 Å². The first-order valence-electron chi connectivity index (χ1n) is 7.37. The summed E-state index contributed by atoms with van der Waals surface area (Å²) in [5.41, 5.74) is 4.32. The molecular weight excluding hydrogens is 288 g/mol. The molecule has 23 heavy (non-hydrogen) atoms. The van der Waals surface area contributed by atoms with Crippen molar-refractivity contribution in [2.75, 3.05) is 14.1 Å². The van der Waals surface area contributed by atoms with Crippen molar-refractivity contribution in [3.8, 4) is 11.4 Å². The highest BCUT2D eigenvalue weighted by Gasteiger charge is 2.13. The van der Waals surface area contributed by atoms with Gasteiger partial charge >= 0.3 is 0 Å². The third-order valence-electron chi connectivity index (χ3n) is 3.54. The smallest absolute Gasteiger partial charge is 0.246 e. The zero-order valence-corrected chi connectivity index (χ0v) is 13.4. The molecule has 5 heteroatoms. The lowest BCUT2D eigenvalue weighted by Crippen LogP contribution is -2.18. The van der Waals surface area contributed by atoms with E-state index in [4.69, 9.17) is 0 Å². The minimum atomic E-state index is -0.0663. The van der Waals surface area contributed by atoms with Crippen molar-refractivity contribution in [1.82, 2.24) is 19.5 Å². The first kappa shape index (κ1) is 15.0. The highest BCUT2D eigenvalue weighted by atomic mass is 16.2. The van der Waals surface area contributed by atoms with Gasteiger partial charge in [0, 0.05) is 37.6 Å². The summed E-state index contributed by atoms with van der Waals surface area (Å²) in [5.74, 6) is -0.0663. The molecule has 0 aliphatic carbocycles. The van der Waals surface area contributed by atoms with Crippen LogP contribution in [0.15, 0.2) is 48.7 Å². The number of rotatable bonds is 3. The molecule has 5 nitrogen and oxygen atoms in total. The molecule has 3 aromatic rings. The van der Waals surface area contributed by atoms with Crippen LogP contribution in [0.25, 0.3) is 23.0 Å². The van der Waals surface area contributed by atoms with Gasteiger partial charge in [0.15, 0.2) is 0 Å². The minimum absolute atomic E-state index is 0.0663. The molecule has 1 amide bonds. The predicted octanol–water partition coefficient (Wildman–Crippen LogP) is 2.81. The number of aromatic nitrogens is 3. The van der Waals surface area contributed by atoms with Gasteiger partial charge in [-0.25, -0.2) is 4.52 Å². The Balaban J connectivity index is 2.17. The van der Waals surface area contributed by atoms with Crippen LogP contribution in [0.2, 0.25) is 0 Å². The number of fused-ring (bicyclic) bond motifs is 1. The van der Waals surface area contributed by atoms with E-state index in [9.17, 15) is 4.79 Å². The maximum Gasteiger partial charge on any atom is 0.246 e. The Labute approximate surface area is 134 Å². The standard InChI is InChI=1S/C18H18N4O/c1-13-7-6-8-15(19-13)18-14(10-11-17(23)21(2)3)16-9-4-5-12-22(16)20-18/h4-12H,1-3H3. The van der Waals surface area contributed by atoms with Crippen LogP contribution in [-0.4, -0.2) is 39.5 Å². The average Bonchev–Trinajstić information content (AvgIpc) is 2.91. The molecule has 3 heterocycles. The molecule has 0 unspecified atom stereocenters. The van der Waals surface area contributed by atoms with Crippen molar-refractivity contribution in [3.63, 3.8) is 0 Å². The van der Waals surface area contributed by atoms with E-state index >= 15 is 0 Å². The third-order valence-corrected chi connectivity index (χ3v) is 3.54. The van der Waals surface area contributed by atoms with Crippen LogP contribution in [0.5, 0.6) is 0 Å². The molecule has 0 saturated heterocycles. The van der Waals surface area contributed by atoms with Crippen LogP contribution in [0.4, 0.5) is 0 Å². The largest absolute Gasteiger partial charge is 0.345 e. The third kappa shape index (κ3) is 2.99. The summed E-state index contributed by atoms with van der Waals surface area (Å²) in [6, 6.07) is 11.7. The van der Waals surface area contributed by atoms with E-state index in [0.29, 0.717) is 0 Å². The summed E-state index contributed by atoms with van der Waals surface area (Å²) in [4.78, 5) is 18.0. The summed E-state index contributed by atoms with van der Waals surface area (Å²) >= 11 is 0. The zero-order valence-electron chi connectivity index (χ0n) is 13.4. The van der Waals surface area contributed by atoms with Gasteiger partial charge in [0.1, 0.15) is 5.69 Å². The van der Waals surface area contributed by atoms with E-state index in [1.165, 1.54) is 4.90 Å². The predicted molar refractivity (Wildman–Crippen MR) is 90.9 cm³/mol. The molecule has 0 atom stereocenters. The van der Waals surface area contributed by atoms with Gasteiger partial charge in [0.2, 0.25) is 5.91 Å². The van der Waals surface area contributed by atoms with Crippen LogP contribution in [0.1, 0.15) is 11.3 Å². The lowest BCUT2D eigenvalue weighted by Gasteiger charge is -2.05. The summed E-state index contributed by atoms with van der Waals surface area (Å²) in [6.07, 6.45) is 5.26. The van der Waals surface area contributed by atoms with Gasteiger partial charge in [-0.1, -0.05) is 12.1 Å². The number of hydrogen-bond donors (Lipinski definition) is 0. The molecule has 0 bridgehead atoms. The monoisotopic (exact) mass is 306 g/mol. The van der Waals surface area contributed by atoms with Crippen LogP contribution in [0.3, 0.4) is 0 Å². The van der Waals surface area contributed by atoms with Gasteiger partial charge in [0.25, 0.3) is 0 Å². The number of carbonyl (C=O) groups is 1. The fraction of sp³-hybridized carbons (Fsp3) is 0.167.